The van der Waals surface area contributed by atoms with Crippen LogP contribution in [0.15, 0.2) is 21.3 Å². The van der Waals surface area contributed by atoms with Crippen LogP contribution >= 0.6 is 11.3 Å². The SMILES string of the molecule is NC(CN1CCOCC1)c1noc(-c2ccsc2)n1. The molecule has 0 aliphatic carbocycles. The lowest BCUT2D eigenvalue weighted by Crippen LogP contribution is -2.40. The van der Waals surface area contributed by atoms with E-state index in [2.05, 4.69) is 15.0 Å². The molecule has 1 unspecified atom stereocenters. The number of aromatic nitrogens is 2. The van der Waals surface area contributed by atoms with Crippen molar-refractivity contribution in [2.24, 2.45) is 5.73 Å². The van der Waals surface area contributed by atoms with Gasteiger partial charge in [-0.1, -0.05) is 5.16 Å². The molecule has 0 amide bonds. The van der Waals surface area contributed by atoms with Gasteiger partial charge in [-0.05, 0) is 11.4 Å². The van der Waals surface area contributed by atoms with E-state index in [4.69, 9.17) is 15.0 Å². The quantitative estimate of drug-likeness (QED) is 0.904. The second-order valence-corrected chi connectivity index (χ2v) is 5.27. The molecular formula is C12H16N4O2S. The summed E-state index contributed by atoms with van der Waals surface area (Å²) >= 11 is 1.60. The molecular weight excluding hydrogens is 264 g/mol. The number of morpholine rings is 1. The van der Waals surface area contributed by atoms with Crippen molar-refractivity contribution >= 4 is 11.3 Å². The van der Waals surface area contributed by atoms with Crippen LogP contribution < -0.4 is 5.73 Å². The van der Waals surface area contributed by atoms with Crippen LogP contribution in [0.2, 0.25) is 0 Å². The second kappa shape index (κ2) is 5.79. The Kier molecular flexibility index (Phi) is 3.88. The second-order valence-electron chi connectivity index (χ2n) is 4.49. The van der Waals surface area contributed by atoms with Crippen LogP contribution in [0.5, 0.6) is 0 Å². The van der Waals surface area contributed by atoms with Crippen LogP contribution in [0, 0.1) is 0 Å². The third kappa shape index (κ3) is 3.01. The maximum Gasteiger partial charge on any atom is 0.258 e. The van der Waals surface area contributed by atoms with Crippen molar-refractivity contribution in [2.45, 2.75) is 6.04 Å². The number of thiophene rings is 1. The summed E-state index contributed by atoms with van der Waals surface area (Å²) < 4.78 is 10.6. The molecule has 0 aromatic carbocycles. The summed E-state index contributed by atoms with van der Waals surface area (Å²) in [4.78, 5) is 6.62. The summed E-state index contributed by atoms with van der Waals surface area (Å²) in [6.07, 6.45) is 0. The van der Waals surface area contributed by atoms with E-state index < -0.39 is 0 Å². The summed E-state index contributed by atoms with van der Waals surface area (Å²) in [5, 5.41) is 7.93. The molecule has 2 aromatic rings. The van der Waals surface area contributed by atoms with Gasteiger partial charge >= 0.3 is 0 Å². The molecule has 6 nitrogen and oxygen atoms in total. The Labute approximate surface area is 115 Å². The summed E-state index contributed by atoms with van der Waals surface area (Å²) in [7, 11) is 0. The molecule has 3 heterocycles. The van der Waals surface area contributed by atoms with E-state index in [0.717, 1.165) is 38.4 Å². The Morgan fingerprint density at radius 1 is 1.42 bits per heavy atom. The standard InChI is InChI=1S/C12H16N4O2S/c13-10(7-16-2-4-17-5-3-16)11-14-12(18-15-11)9-1-6-19-8-9/h1,6,8,10H,2-5,7,13H2. The molecule has 2 N–H and O–H groups in total. The van der Waals surface area contributed by atoms with Crippen LogP contribution in [0.4, 0.5) is 0 Å². The lowest BCUT2D eigenvalue weighted by molar-refractivity contribution is 0.0348. The maximum atomic E-state index is 6.13. The zero-order chi connectivity index (χ0) is 13.1. The highest BCUT2D eigenvalue weighted by atomic mass is 32.1. The summed E-state index contributed by atoms with van der Waals surface area (Å²) in [5.41, 5.74) is 7.07. The molecule has 1 aliphatic rings. The fourth-order valence-electron chi connectivity index (χ4n) is 2.03. The molecule has 0 radical (unpaired) electrons. The van der Waals surface area contributed by atoms with Gasteiger partial charge in [-0.2, -0.15) is 16.3 Å². The van der Waals surface area contributed by atoms with Gasteiger partial charge in [0.2, 0.25) is 0 Å². The van der Waals surface area contributed by atoms with Gasteiger partial charge in [0.1, 0.15) is 0 Å². The number of ether oxygens (including phenoxy) is 1. The lowest BCUT2D eigenvalue weighted by Gasteiger charge is -2.27. The zero-order valence-corrected chi connectivity index (χ0v) is 11.3. The largest absolute Gasteiger partial charge is 0.379 e. The fraction of sp³-hybridized carbons (Fsp3) is 0.500. The molecule has 2 aromatic heterocycles. The van der Waals surface area contributed by atoms with E-state index in [9.17, 15) is 0 Å². The monoisotopic (exact) mass is 280 g/mol. The number of hydrogen-bond donors (Lipinski definition) is 1. The summed E-state index contributed by atoms with van der Waals surface area (Å²) in [6.45, 7) is 4.07. The van der Waals surface area contributed by atoms with E-state index in [1.165, 1.54) is 0 Å². The molecule has 1 atom stereocenters. The molecule has 3 rings (SSSR count). The highest BCUT2D eigenvalue weighted by molar-refractivity contribution is 7.08. The summed E-state index contributed by atoms with van der Waals surface area (Å²) in [5.74, 6) is 1.10. The lowest BCUT2D eigenvalue weighted by atomic mass is 10.2. The minimum absolute atomic E-state index is 0.228. The minimum Gasteiger partial charge on any atom is -0.379 e. The number of nitrogens with zero attached hydrogens (tertiary/aromatic N) is 3. The van der Waals surface area contributed by atoms with Gasteiger partial charge < -0.3 is 15.0 Å². The third-order valence-electron chi connectivity index (χ3n) is 3.10. The van der Waals surface area contributed by atoms with Crippen molar-refractivity contribution in [3.63, 3.8) is 0 Å². The first kappa shape index (κ1) is 12.7. The predicted molar refractivity (Wildman–Crippen MR) is 71.8 cm³/mol. The molecule has 0 spiro atoms. The Hall–Kier alpha value is -1.28. The van der Waals surface area contributed by atoms with Crippen molar-refractivity contribution in [3.8, 4) is 11.5 Å². The van der Waals surface area contributed by atoms with Crippen LogP contribution in [0.1, 0.15) is 11.9 Å². The fourth-order valence-corrected chi connectivity index (χ4v) is 2.66. The van der Waals surface area contributed by atoms with Crippen molar-refractivity contribution in [3.05, 3.63) is 22.7 Å². The zero-order valence-electron chi connectivity index (χ0n) is 10.5. The molecule has 0 bridgehead atoms. The van der Waals surface area contributed by atoms with Crippen molar-refractivity contribution in [1.82, 2.24) is 15.0 Å². The van der Waals surface area contributed by atoms with Gasteiger partial charge in [-0.15, -0.1) is 0 Å². The van der Waals surface area contributed by atoms with E-state index in [1.807, 2.05) is 16.8 Å². The van der Waals surface area contributed by atoms with Gasteiger partial charge in [-0.25, -0.2) is 0 Å². The normalized spacial score (nSPS) is 18.6. The van der Waals surface area contributed by atoms with Gasteiger partial charge in [-0.3, -0.25) is 4.90 Å². The minimum atomic E-state index is -0.228. The van der Waals surface area contributed by atoms with Crippen molar-refractivity contribution < 1.29 is 9.26 Å². The van der Waals surface area contributed by atoms with E-state index in [-0.39, 0.29) is 6.04 Å². The van der Waals surface area contributed by atoms with Gasteiger partial charge in [0.25, 0.3) is 5.89 Å². The number of rotatable bonds is 4. The highest BCUT2D eigenvalue weighted by Gasteiger charge is 2.20. The molecule has 1 saturated heterocycles. The molecule has 1 aliphatic heterocycles. The Balaban J connectivity index is 1.65. The Bertz CT molecular complexity index is 508. The molecule has 7 heteroatoms. The first-order valence-corrected chi connectivity index (χ1v) is 7.19. The average molecular weight is 280 g/mol. The van der Waals surface area contributed by atoms with E-state index >= 15 is 0 Å². The van der Waals surface area contributed by atoms with Crippen LogP contribution in [0.25, 0.3) is 11.5 Å². The van der Waals surface area contributed by atoms with Gasteiger partial charge in [0, 0.05) is 25.0 Å². The average Bonchev–Trinajstić information content (AvgIpc) is 3.11. The summed E-state index contributed by atoms with van der Waals surface area (Å²) in [6, 6.07) is 1.73. The van der Waals surface area contributed by atoms with Gasteiger partial charge in [0.05, 0.1) is 24.8 Å². The smallest absolute Gasteiger partial charge is 0.258 e. The topological polar surface area (TPSA) is 77.4 Å². The first-order chi connectivity index (χ1) is 9.33. The first-order valence-electron chi connectivity index (χ1n) is 6.25. The number of nitrogens with two attached hydrogens (primary N) is 1. The Morgan fingerprint density at radius 3 is 3.00 bits per heavy atom. The molecule has 0 saturated carbocycles. The molecule has 1 fully saturated rings. The van der Waals surface area contributed by atoms with E-state index in [0.29, 0.717) is 11.7 Å². The van der Waals surface area contributed by atoms with Crippen molar-refractivity contribution in [2.75, 3.05) is 32.8 Å². The van der Waals surface area contributed by atoms with Crippen LogP contribution in [-0.2, 0) is 4.74 Å². The molecule has 102 valence electrons. The Morgan fingerprint density at radius 2 is 2.26 bits per heavy atom. The van der Waals surface area contributed by atoms with Crippen LogP contribution in [0.3, 0.4) is 0 Å². The third-order valence-corrected chi connectivity index (χ3v) is 3.78. The number of hydrogen-bond acceptors (Lipinski definition) is 7. The van der Waals surface area contributed by atoms with Crippen molar-refractivity contribution in [1.29, 1.82) is 0 Å². The van der Waals surface area contributed by atoms with Gasteiger partial charge in [0.15, 0.2) is 5.82 Å². The van der Waals surface area contributed by atoms with Crippen LogP contribution in [-0.4, -0.2) is 47.9 Å². The maximum absolute atomic E-state index is 6.13. The molecule has 19 heavy (non-hydrogen) atoms. The predicted octanol–water partition coefficient (Wildman–Crippen LogP) is 1.13. The van der Waals surface area contributed by atoms with E-state index in [1.54, 1.807) is 11.3 Å². The highest BCUT2D eigenvalue weighted by Crippen LogP contribution is 2.21.